The number of nitrogens with one attached hydrogen (secondary N) is 2. The van der Waals surface area contributed by atoms with Crippen molar-refractivity contribution in [3.8, 4) is 5.75 Å². The van der Waals surface area contributed by atoms with E-state index in [1.165, 1.54) is 11.1 Å². The van der Waals surface area contributed by atoms with Crippen molar-refractivity contribution in [2.75, 3.05) is 19.0 Å². The number of rotatable bonds is 8. The van der Waals surface area contributed by atoms with Gasteiger partial charge in [-0.25, -0.2) is 0 Å². The molecular weight excluding hydrogens is 312 g/mol. The van der Waals surface area contributed by atoms with Gasteiger partial charge in [-0.2, -0.15) is 0 Å². The Hall–Kier alpha value is -2.49. The molecule has 0 unspecified atom stereocenters. The summed E-state index contributed by atoms with van der Waals surface area (Å²) in [6.45, 7) is 6.52. The fourth-order valence-corrected chi connectivity index (χ4v) is 2.57. The number of hydrogen-bond acceptors (Lipinski definition) is 3. The molecule has 1 amide bonds. The highest BCUT2D eigenvalue weighted by Crippen LogP contribution is 2.19. The Bertz CT molecular complexity index is 676. The van der Waals surface area contributed by atoms with Crippen LogP contribution < -0.4 is 15.4 Å². The van der Waals surface area contributed by atoms with Gasteiger partial charge in [-0.3, -0.25) is 4.79 Å². The second-order valence-corrected chi connectivity index (χ2v) is 6.65. The highest BCUT2D eigenvalue weighted by atomic mass is 16.5. The summed E-state index contributed by atoms with van der Waals surface area (Å²) in [7, 11) is 1.63. The SMILES string of the molecule is CCc1ccc(CCNC(=O)C(C)(C)Nc2ccc(OC)cc2)cc1. The third kappa shape index (κ3) is 5.52. The van der Waals surface area contributed by atoms with E-state index >= 15 is 0 Å². The average Bonchev–Trinajstić information content (AvgIpc) is 2.62. The first kappa shape index (κ1) is 18.8. The van der Waals surface area contributed by atoms with E-state index in [0.29, 0.717) is 6.54 Å². The molecule has 0 bridgehead atoms. The van der Waals surface area contributed by atoms with E-state index in [1.807, 2.05) is 38.1 Å². The lowest BCUT2D eigenvalue weighted by Crippen LogP contribution is -2.48. The Kier molecular flexibility index (Phi) is 6.45. The van der Waals surface area contributed by atoms with Crippen LogP contribution >= 0.6 is 0 Å². The number of methoxy groups -OCH3 is 1. The molecule has 0 saturated carbocycles. The van der Waals surface area contributed by atoms with Gasteiger partial charge in [0.05, 0.1) is 7.11 Å². The fraction of sp³-hybridized carbons (Fsp3) is 0.381. The standard InChI is InChI=1S/C21H28N2O2/c1-5-16-6-8-17(9-7-16)14-15-22-20(24)21(2,3)23-18-10-12-19(25-4)13-11-18/h6-13,23H,5,14-15H2,1-4H3,(H,22,24). The first-order chi connectivity index (χ1) is 11.9. The van der Waals surface area contributed by atoms with Crippen LogP contribution in [0.1, 0.15) is 31.9 Å². The molecule has 0 aromatic heterocycles. The van der Waals surface area contributed by atoms with Gasteiger partial charge < -0.3 is 15.4 Å². The van der Waals surface area contributed by atoms with Crippen LogP contribution in [-0.4, -0.2) is 25.1 Å². The maximum absolute atomic E-state index is 12.5. The number of amides is 1. The molecule has 0 radical (unpaired) electrons. The summed E-state index contributed by atoms with van der Waals surface area (Å²) in [5, 5.41) is 6.28. The van der Waals surface area contributed by atoms with Crippen LogP contribution in [-0.2, 0) is 17.6 Å². The minimum Gasteiger partial charge on any atom is -0.497 e. The highest BCUT2D eigenvalue weighted by molar-refractivity contribution is 5.88. The summed E-state index contributed by atoms with van der Waals surface area (Å²) in [6, 6.07) is 16.1. The summed E-state index contributed by atoms with van der Waals surface area (Å²) >= 11 is 0. The monoisotopic (exact) mass is 340 g/mol. The van der Waals surface area contributed by atoms with Crippen molar-refractivity contribution < 1.29 is 9.53 Å². The van der Waals surface area contributed by atoms with Crippen molar-refractivity contribution in [1.82, 2.24) is 5.32 Å². The van der Waals surface area contributed by atoms with Gasteiger partial charge >= 0.3 is 0 Å². The normalized spacial score (nSPS) is 11.0. The molecule has 134 valence electrons. The molecule has 2 aromatic rings. The first-order valence-corrected chi connectivity index (χ1v) is 8.73. The van der Waals surface area contributed by atoms with E-state index in [2.05, 4.69) is 41.8 Å². The fourth-order valence-electron chi connectivity index (χ4n) is 2.57. The van der Waals surface area contributed by atoms with Crippen LogP contribution in [0, 0.1) is 0 Å². The van der Waals surface area contributed by atoms with Gasteiger partial charge in [-0.05, 0) is 62.1 Å². The average molecular weight is 340 g/mol. The molecule has 0 aliphatic carbocycles. The molecule has 0 saturated heterocycles. The van der Waals surface area contributed by atoms with E-state index in [9.17, 15) is 4.79 Å². The minimum absolute atomic E-state index is 0.0199. The number of carbonyl (C=O) groups is 1. The van der Waals surface area contributed by atoms with Crippen molar-refractivity contribution in [3.05, 3.63) is 59.7 Å². The van der Waals surface area contributed by atoms with E-state index in [1.54, 1.807) is 7.11 Å². The Morgan fingerprint density at radius 2 is 1.60 bits per heavy atom. The Balaban J connectivity index is 1.84. The summed E-state index contributed by atoms with van der Waals surface area (Å²) in [5.41, 5.74) is 2.76. The molecule has 4 nitrogen and oxygen atoms in total. The number of carbonyl (C=O) groups excluding carboxylic acids is 1. The van der Waals surface area contributed by atoms with E-state index < -0.39 is 5.54 Å². The van der Waals surface area contributed by atoms with Crippen molar-refractivity contribution in [3.63, 3.8) is 0 Å². The molecular formula is C21H28N2O2. The van der Waals surface area contributed by atoms with Crippen molar-refractivity contribution in [2.45, 2.75) is 39.2 Å². The Morgan fingerprint density at radius 1 is 1.00 bits per heavy atom. The molecule has 0 atom stereocenters. The van der Waals surface area contributed by atoms with Crippen LogP contribution in [0.25, 0.3) is 0 Å². The lowest BCUT2D eigenvalue weighted by molar-refractivity contribution is -0.124. The largest absolute Gasteiger partial charge is 0.497 e. The number of ether oxygens (including phenoxy) is 1. The number of benzene rings is 2. The summed E-state index contributed by atoms with van der Waals surface area (Å²) in [6.07, 6.45) is 1.87. The first-order valence-electron chi connectivity index (χ1n) is 8.73. The molecule has 0 spiro atoms. The zero-order valence-corrected chi connectivity index (χ0v) is 15.6. The molecule has 4 heteroatoms. The topological polar surface area (TPSA) is 50.4 Å². The van der Waals surface area contributed by atoms with Crippen molar-refractivity contribution in [2.24, 2.45) is 0 Å². The van der Waals surface area contributed by atoms with Gasteiger partial charge in [0.15, 0.2) is 0 Å². The molecule has 25 heavy (non-hydrogen) atoms. The molecule has 2 N–H and O–H groups in total. The molecule has 2 rings (SSSR count). The zero-order valence-electron chi connectivity index (χ0n) is 15.6. The molecule has 0 aliphatic heterocycles. The summed E-state index contributed by atoms with van der Waals surface area (Å²) < 4.78 is 5.15. The number of hydrogen-bond donors (Lipinski definition) is 2. The second kappa shape index (κ2) is 8.56. The summed E-state index contributed by atoms with van der Waals surface area (Å²) in [5.74, 6) is 0.774. The van der Waals surface area contributed by atoms with Crippen LogP contribution in [0.3, 0.4) is 0 Å². The van der Waals surface area contributed by atoms with E-state index in [-0.39, 0.29) is 5.91 Å². The van der Waals surface area contributed by atoms with Crippen LogP contribution in [0.2, 0.25) is 0 Å². The smallest absolute Gasteiger partial charge is 0.245 e. The van der Waals surface area contributed by atoms with Crippen LogP contribution in [0.5, 0.6) is 5.75 Å². The lowest BCUT2D eigenvalue weighted by Gasteiger charge is -2.26. The maximum Gasteiger partial charge on any atom is 0.245 e. The van der Waals surface area contributed by atoms with E-state index in [4.69, 9.17) is 4.74 Å². The van der Waals surface area contributed by atoms with Gasteiger partial charge in [0.2, 0.25) is 5.91 Å². The van der Waals surface area contributed by atoms with Gasteiger partial charge in [-0.1, -0.05) is 31.2 Å². The van der Waals surface area contributed by atoms with Crippen LogP contribution in [0.15, 0.2) is 48.5 Å². The third-order valence-corrected chi connectivity index (χ3v) is 4.24. The maximum atomic E-state index is 12.5. The predicted octanol–water partition coefficient (Wildman–Crippen LogP) is 3.81. The summed E-state index contributed by atoms with van der Waals surface area (Å²) in [4.78, 5) is 12.5. The molecule has 2 aromatic carbocycles. The van der Waals surface area contributed by atoms with E-state index in [0.717, 1.165) is 24.3 Å². The predicted molar refractivity (Wildman–Crippen MR) is 103 cm³/mol. The lowest BCUT2D eigenvalue weighted by atomic mass is 10.0. The van der Waals surface area contributed by atoms with Gasteiger partial charge in [-0.15, -0.1) is 0 Å². The Morgan fingerprint density at radius 3 is 2.16 bits per heavy atom. The number of anilines is 1. The van der Waals surface area contributed by atoms with Gasteiger partial charge in [0, 0.05) is 12.2 Å². The minimum atomic E-state index is -0.694. The Labute approximate surface area is 150 Å². The highest BCUT2D eigenvalue weighted by Gasteiger charge is 2.26. The second-order valence-electron chi connectivity index (χ2n) is 6.65. The van der Waals surface area contributed by atoms with Crippen LogP contribution in [0.4, 0.5) is 5.69 Å². The van der Waals surface area contributed by atoms with Crippen molar-refractivity contribution >= 4 is 11.6 Å². The third-order valence-electron chi connectivity index (χ3n) is 4.24. The van der Waals surface area contributed by atoms with Gasteiger partial charge in [0.1, 0.15) is 11.3 Å². The molecule has 0 aliphatic rings. The number of aryl methyl sites for hydroxylation is 1. The molecule has 0 fully saturated rings. The van der Waals surface area contributed by atoms with Gasteiger partial charge in [0.25, 0.3) is 0 Å². The quantitative estimate of drug-likeness (QED) is 0.768. The molecule has 0 heterocycles. The zero-order chi connectivity index (χ0) is 18.3. The van der Waals surface area contributed by atoms with Crippen molar-refractivity contribution in [1.29, 1.82) is 0 Å².